The fourth-order valence-corrected chi connectivity index (χ4v) is 4.03. The van der Waals surface area contributed by atoms with Crippen molar-refractivity contribution in [3.63, 3.8) is 0 Å². The van der Waals surface area contributed by atoms with Crippen LogP contribution in [0.3, 0.4) is 0 Å². The summed E-state index contributed by atoms with van der Waals surface area (Å²) in [6.45, 7) is -0.363. The highest BCUT2D eigenvalue weighted by atomic mass is 19.1. The molecule has 0 amide bonds. The summed E-state index contributed by atoms with van der Waals surface area (Å²) in [6, 6.07) is 15.0. The molecule has 2 aromatic rings. The van der Waals surface area contributed by atoms with Crippen LogP contribution in [0.4, 0.5) is 8.78 Å². The van der Waals surface area contributed by atoms with E-state index >= 15 is 0 Å². The number of benzene rings is 2. The monoisotopic (exact) mass is 365 g/mol. The van der Waals surface area contributed by atoms with E-state index in [0.29, 0.717) is 5.92 Å². The summed E-state index contributed by atoms with van der Waals surface area (Å²) < 4.78 is 25.9. The first-order chi connectivity index (χ1) is 13.2. The minimum atomic E-state index is -0.473. The van der Waals surface area contributed by atoms with Crippen LogP contribution >= 0.6 is 0 Å². The average Bonchev–Trinajstić information content (AvgIpc) is 2.72. The summed E-state index contributed by atoms with van der Waals surface area (Å²) in [6.07, 6.45) is 10.6. The molecule has 0 bridgehead atoms. The summed E-state index contributed by atoms with van der Waals surface area (Å²) in [4.78, 5) is 0. The van der Waals surface area contributed by atoms with Gasteiger partial charge in [0.1, 0.15) is 18.6 Å². The van der Waals surface area contributed by atoms with Gasteiger partial charge in [0.15, 0.2) is 0 Å². The number of nitrogens with zero attached hydrogens (tertiary/aromatic N) is 1. The predicted molar refractivity (Wildman–Crippen MR) is 106 cm³/mol. The van der Waals surface area contributed by atoms with E-state index < -0.39 is 5.82 Å². The fourth-order valence-electron chi connectivity index (χ4n) is 4.03. The van der Waals surface area contributed by atoms with Crippen LogP contribution in [0.2, 0.25) is 0 Å². The van der Waals surface area contributed by atoms with Crippen molar-refractivity contribution < 1.29 is 8.78 Å². The molecule has 0 aromatic heterocycles. The van der Waals surface area contributed by atoms with Gasteiger partial charge < -0.3 is 0 Å². The molecular formula is C24H25F2N. The largest absolute Gasteiger partial charge is 0.247 e. The smallest absolute Gasteiger partial charge is 0.141 e. The second-order valence-corrected chi connectivity index (χ2v) is 7.35. The van der Waals surface area contributed by atoms with Crippen molar-refractivity contribution in [2.75, 3.05) is 6.67 Å². The van der Waals surface area contributed by atoms with Crippen molar-refractivity contribution in [3.8, 4) is 17.2 Å². The molecule has 0 spiro atoms. The number of halogens is 2. The molecule has 0 saturated heterocycles. The third-order valence-corrected chi connectivity index (χ3v) is 5.65. The highest BCUT2D eigenvalue weighted by Crippen LogP contribution is 2.38. The molecule has 140 valence electrons. The topological polar surface area (TPSA) is 23.8 Å². The van der Waals surface area contributed by atoms with Crippen LogP contribution in [-0.4, -0.2) is 6.67 Å². The molecule has 0 N–H and O–H groups in total. The maximum atomic E-state index is 13.8. The third-order valence-electron chi connectivity index (χ3n) is 5.65. The van der Waals surface area contributed by atoms with E-state index in [-0.39, 0.29) is 12.2 Å². The van der Waals surface area contributed by atoms with Gasteiger partial charge in [-0.2, -0.15) is 5.26 Å². The second kappa shape index (κ2) is 9.46. The van der Waals surface area contributed by atoms with E-state index in [1.54, 1.807) is 12.1 Å². The van der Waals surface area contributed by atoms with Crippen molar-refractivity contribution in [3.05, 3.63) is 71.6 Å². The van der Waals surface area contributed by atoms with Crippen molar-refractivity contribution in [1.29, 1.82) is 5.26 Å². The highest BCUT2D eigenvalue weighted by Gasteiger charge is 2.21. The van der Waals surface area contributed by atoms with Crippen LogP contribution in [-0.2, 0) is 0 Å². The number of alkyl halides is 1. The Bertz CT molecular complexity index is 809. The Labute approximate surface area is 160 Å². The minimum absolute atomic E-state index is 0.0762. The Morgan fingerprint density at radius 1 is 0.963 bits per heavy atom. The quantitative estimate of drug-likeness (QED) is 0.508. The standard InChI is InChI=1S/C24H25F2N/c25-15-3-1-2-4-18-5-7-19(8-6-18)20-9-11-21(12-10-20)22-13-14-23(17-27)24(26)16-22/h1,3,9-14,16,18-19H,2,4-8,15H2. The van der Waals surface area contributed by atoms with E-state index in [0.717, 1.165) is 29.9 Å². The summed E-state index contributed by atoms with van der Waals surface area (Å²) >= 11 is 0. The summed E-state index contributed by atoms with van der Waals surface area (Å²) in [5.74, 6) is 0.875. The number of hydrogen-bond acceptors (Lipinski definition) is 1. The molecule has 1 aliphatic rings. The van der Waals surface area contributed by atoms with Gasteiger partial charge in [0.2, 0.25) is 0 Å². The lowest BCUT2D eigenvalue weighted by Crippen LogP contribution is -2.13. The van der Waals surface area contributed by atoms with Crippen molar-refractivity contribution in [2.24, 2.45) is 5.92 Å². The number of hydrogen-bond donors (Lipinski definition) is 0. The molecule has 1 fully saturated rings. The molecular weight excluding hydrogens is 340 g/mol. The van der Waals surface area contributed by atoms with E-state index in [2.05, 4.69) is 12.1 Å². The van der Waals surface area contributed by atoms with Crippen LogP contribution in [0.1, 0.15) is 55.6 Å². The van der Waals surface area contributed by atoms with Gasteiger partial charge in [-0.1, -0.05) is 42.5 Å². The second-order valence-electron chi connectivity index (χ2n) is 7.35. The van der Waals surface area contributed by atoms with E-state index in [4.69, 9.17) is 5.26 Å². The lowest BCUT2D eigenvalue weighted by molar-refractivity contribution is 0.312. The number of nitriles is 1. The number of allylic oxidation sites excluding steroid dienone is 2. The summed E-state index contributed by atoms with van der Waals surface area (Å²) in [5.41, 5.74) is 3.19. The molecule has 3 heteroatoms. The Kier molecular flexibility index (Phi) is 6.76. The fraction of sp³-hybridized carbons (Fsp3) is 0.375. The Morgan fingerprint density at radius 3 is 2.30 bits per heavy atom. The van der Waals surface area contributed by atoms with E-state index in [9.17, 15) is 8.78 Å². The van der Waals surface area contributed by atoms with Gasteiger partial charge in [0.25, 0.3) is 0 Å². The maximum Gasteiger partial charge on any atom is 0.141 e. The summed E-state index contributed by atoms with van der Waals surface area (Å²) in [5, 5.41) is 8.84. The molecule has 1 saturated carbocycles. The van der Waals surface area contributed by atoms with Crippen molar-refractivity contribution in [2.45, 2.75) is 44.4 Å². The molecule has 1 nitrogen and oxygen atoms in total. The molecule has 0 unspecified atom stereocenters. The third kappa shape index (κ3) is 5.04. The lowest BCUT2D eigenvalue weighted by atomic mass is 9.77. The van der Waals surface area contributed by atoms with E-state index in [1.807, 2.05) is 24.3 Å². The Balaban J connectivity index is 1.58. The van der Waals surface area contributed by atoms with Gasteiger partial charge in [0.05, 0.1) is 5.56 Å². The van der Waals surface area contributed by atoms with Gasteiger partial charge in [-0.3, -0.25) is 0 Å². The van der Waals surface area contributed by atoms with Gasteiger partial charge in [-0.05, 0) is 79.2 Å². The average molecular weight is 365 g/mol. The first-order valence-corrected chi connectivity index (χ1v) is 9.72. The van der Waals surface area contributed by atoms with Gasteiger partial charge in [-0.15, -0.1) is 0 Å². The Hall–Kier alpha value is -2.47. The zero-order valence-electron chi connectivity index (χ0n) is 15.5. The molecule has 3 rings (SSSR count). The predicted octanol–water partition coefficient (Wildman–Crippen LogP) is 6.94. The molecule has 0 heterocycles. The van der Waals surface area contributed by atoms with Crippen LogP contribution in [0.15, 0.2) is 54.6 Å². The first kappa shape index (κ1) is 19.3. The molecule has 1 aliphatic carbocycles. The molecule has 2 aromatic carbocycles. The lowest BCUT2D eigenvalue weighted by Gasteiger charge is -2.28. The van der Waals surface area contributed by atoms with E-state index in [1.165, 1.54) is 43.4 Å². The normalized spacial score (nSPS) is 19.9. The van der Waals surface area contributed by atoms with Crippen molar-refractivity contribution >= 4 is 0 Å². The van der Waals surface area contributed by atoms with Gasteiger partial charge >= 0.3 is 0 Å². The first-order valence-electron chi connectivity index (χ1n) is 9.72. The molecule has 27 heavy (non-hydrogen) atoms. The van der Waals surface area contributed by atoms with Crippen molar-refractivity contribution in [1.82, 2.24) is 0 Å². The van der Waals surface area contributed by atoms with Crippen LogP contribution in [0, 0.1) is 23.1 Å². The van der Waals surface area contributed by atoms with Crippen LogP contribution < -0.4 is 0 Å². The number of rotatable bonds is 6. The molecule has 0 aliphatic heterocycles. The molecule has 0 radical (unpaired) electrons. The molecule has 0 atom stereocenters. The van der Waals surface area contributed by atoms with Crippen LogP contribution in [0.5, 0.6) is 0 Å². The minimum Gasteiger partial charge on any atom is -0.247 e. The maximum absolute atomic E-state index is 13.8. The summed E-state index contributed by atoms with van der Waals surface area (Å²) in [7, 11) is 0. The SMILES string of the molecule is N#Cc1ccc(-c2ccc(C3CCC(CCC=CCF)CC3)cc2)cc1F. The zero-order valence-corrected chi connectivity index (χ0v) is 15.5. The van der Waals surface area contributed by atoms with Gasteiger partial charge in [-0.25, -0.2) is 8.78 Å². The highest BCUT2D eigenvalue weighted by molar-refractivity contribution is 5.64. The Morgan fingerprint density at radius 2 is 1.67 bits per heavy atom. The van der Waals surface area contributed by atoms with Crippen LogP contribution in [0.25, 0.3) is 11.1 Å². The zero-order chi connectivity index (χ0) is 19.1. The van der Waals surface area contributed by atoms with Gasteiger partial charge in [0, 0.05) is 0 Å².